The van der Waals surface area contributed by atoms with Crippen molar-refractivity contribution >= 4 is 17.6 Å². The molecule has 0 saturated carbocycles. The maximum atomic E-state index is 14.3. The molecule has 11 heteroatoms. The Balaban J connectivity index is 1.57. The van der Waals surface area contributed by atoms with Gasteiger partial charge in [-0.25, -0.2) is 4.79 Å². The van der Waals surface area contributed by atoms with Crippen molar-refractivity contribution in [2.75, 3.05) is 45.5 Å². The number of anilines is 1. The molecule has 2 aromatic carbocycles. The Morgan fingerprint density at radius 2 is 1.82 bits per heavy atom. The number of benzene rings is 2. The lowest BCUT2D eigenvalue weighted by atomic mass is 10.0. The molecule has 3 amide bonds. The minimum Gasteiger partial charge on any atom is -0.490 e. The Kier molecular flexibility index (Phi) is 12.3. The number of aliphatic hydroxyl groups excluding tert-OH is 1. The molecule has 0 aromatic heterocycles. The summed E-state index contributed by atoms with van der Waals surface area (Å²) in [4.78, 5) is 30.6. The van der Waals surface area contributed by atoms with Gasteiger partial charge in [0.2, 0.25) is 6.79 Å². The number of likely N-dealkylation sites (N-methyl/N-ethyl adjacent to an activating group) is 1. The van der Waals surface area contributed by atoms with Crippen LogP contribution in [0.1, 0.15) is 69.8 Å². The van der Waals surface area contributed by atoms with Gasteiger partial charge in [-0.15, -0.1) is 0 Å². The van der Waals surface area contributed by atoms with Crippen molar-refractivity contribution in [1.29, 1.82) is 0 Å². The third-order valence-electron chi connectivity index (χ3n) is 8.11. The van der Waals surface area contributed by atoms with Gasteiger partial charge in [0.15, 0.2) is 11.5 Å². The van der Waals surface area contributed by atoms with E-state index >= 15 is 0 Å². The number of hydrogen-bond donors (Lipinski definition) is 3. The lowest BCUT2D eigenvalue weighted by Crippen LogP contribution is -2.47. The van der Waals surface area contributed by atoms with Gasteiger partial charge in [0.25, 0.3) is 5.91 Å². The van der Waals surface area contributed by atoms with E-state index in [1.807, 2.05) is 45.9 Å². The predicted molar refractivity (Wildman–Crippen MR) is 173 cm³/mol. The monoisotopic (exact) mass is 626 g/mol. The van der Waals surface area contributed by atoms with E-state index in [1.54, 1.807) is 23.1 Å². The highest BCUT2D eigenvalue weighted by Crippen LogP contribution is 2.33. The Labute approximate surface area is 267 Å². The summed E-state index contributed by atoms with van der Waals surface area (Å²) in [5.74, 6) is 1.65. The second kappa shape index (κ2) is 16.1. The fraction of sp³-hybridized carbons (Fsp3) is 0.588. The van der Waals surface area contributed by atoms with Gasteiger partial charge < -0.3 is 39.6 Å². The molecule has 0 unspecified atom stereocenters. The van der Waals surface area contributed by atoms with Gasteiger partial charge in [0.1, 0.15) is 5.75 Å². The first-order valence-electron chi connectivity index (χ1n) is 16.0. The maximum absolute atomic E-state index is 14.3. The summed E-state index contributed by atoms with van der Waals surface area (Å²) in [7, 11) is 2.06. The second-order valence-electron chi connectivity index (χ2n) is 12.6. The number of fused-ring (bicyclic) bond motifs is 2. The number of nitrogens with zero attached hydrogens (tertiary/aromatic N) is 2. The van der Waals surface area contributed by atoms with Gasteiger partial charge in [0, 0.05) is 43.9 Å². The fourth-order valence-electron chi connectivity index (χ4n) is 5.61. The minimum absolute atomic E-state index is 0.0401. The summed E-state index contributed by atoms with van der Waals surface area (Å²) in [6.45, 7) is 12.0. The molecule has 0 aliphatic carbocycles. The van der Waals surface area contributed by atoms with Crippen LogP contribution in [0.3, 0.4) is 0 Å². The van der Waals surface area contributed by atoms with Crippen LogP contribution in [-0.4, -0.2) is 91.3 Å². The van der Waals surface area contributed by atoms with Crippen LogP contribution in [0, 0.1) is 5.92 Å². The zero-order valence-corrected chi connectivity index (χ0v) is 27.5. The SMILES string of the molecule is CC(C)NC(=O)Nc1ccc2c(c1)C(=O)N([C@@H](C)CO)C[C@@H](C)[C@H](CN(C)Cc1ccc3c(c1)OCO3)OCCCC[C@H](C)O2. The number of aliphatic hydroxyl groups is 1. The molecule has 2 aliphatic rings. The molecule has 0 saturated heterocycles. The van der Waals surface area contributed by atoms with Crippen LogP contribution in [-0.2, 0) is 11.3 Å². The second-order valence-corrected chi connectivity index (χ2v) is 12.6. The molecular formula is C34H50N4O7. The van der Waals surface area contributed by atoms with Gasteiger partial charge in [-0.1, -0.05) is 13.0 Å². The van der Waals surface area contributed by atoms with Crippen molar-refractivity contribution in [3.63, 3.8) is 0 Å². The fourth-order valence-corrected chi connectivity index (χ4v) is 5.61. The summed E-state index contributed by atoms with van der Waals surface area (Å²) in [5.41, 5.74) is 1.93. The zero-order valence-electron chi connectivity index (χ0n) is 27.5. The molecular weight excluding hydrogens is 576 g/mol. The van der Waals surface area contributed by atoms with Crippen LogP contribution < -0.4 is 24.8 Å². The van der Waals surface area contributed by atoms with Crippen LogP contribution >= 0.6 is 0 Å². The average Bonchev–Trinajstić information content (AvgIpc) is 3.46. The molecule has 0 bridgehead atoms. The highest BCUT2D eigenvalue weighted by atomic mass is 16.7. The number of carbonyl (C=O) groups is 2. The van der Waals surface area contributed by atoms with E-state index in [2.05, 4.69) is 29.5 Å². The number of nitrogens with one attached hydrogen (secondary N) is 2. The lowest BCUT2D eigenvalue weighted by Gasteiger charge is -2.36. The van der Waals surface area contributed by atoms with Crippen molar-refractivity contribution in [3.05, 3.63) is 47.5 Å². The highest BCUT2D eigenvalue weighted by Gasteiger charge is 2.30. The first-order valence-corrected chi connectivity index (χ1v) is 16.0. The van der Waals surface area contributed by atoms with Crippen LogP contribution in [0.25, 0.3) is 0 Å². The normalized spacial score (nSPS) is 21.6. The van der Waals surface area contributed by atoms with Crippen molar-refractivity contribution in [2.45, 2.75) is 84.7 Å². The topological polar surface area (TPSA) is 122 Å². The number of rotatable bonds is 8. The number of carbonyl (C=O) groups excluding carboxylic acids is 2. The molecule has 4 rings (SSSR count). The minimum atomic E-state index is -0.453. The molecule has 2 aliphatic heterocycles. The number of amides is 3. The van der Waals surface area contributed by atoms with E-state index in [1.165, 1.54) is 0 Å². The van der Waals surface area contributed by atoms with Crippen molar-refractivity contribution in [3.8, 4) is 17.2 Å². The number of ether oxygens (including phenoxy) is 4. The van der Waals surface area contributed by atoms with E-state index in [0.29, 0.717) is 43.2 Å². The predicted octanol–water partition coefficient (Wildman–Crippen LogP) is 4.87. The van der Waals surface area contributed by atoms with E-state index in [9.17, 15) is 14.7 Å². The Hall–Kier alpha value is -3.54. The van der Waals surface area contributed by atoms with Gasteiger partial charge >= 0.3 is 6.03 Å². The molecule has 0 spiro atoms. The molecule has 0 fully saturated rings. The van der Waals surface area contributed by atoms with E-state index in [4.69, 9.17) is 18.9 Å². The Morgan fingerprint density at radius 1 is 1.07 bits per heavy atom. The largest absolute Gasteiger partial charge is 0.490 e. The van der Waals surface area contributed by atoms with E-state index in [-0.39, 0.29) is 49.5 Å². The highest BCUT2D eigenvalue weighted by molar-refractivity contribution is 5.99. The molecule has 11 nitrogen and oxygen atoms in total. The Morgan fingerprint density at radius 3 is 2.58 bits per heavy atom. The number of urea groups is 1. The van der Waals surface area contributed by atoms with Gasteiger partial charge in [-0.2, -0.15) is 0 Å². The molecule has 3 N–H and O–H groups in total. The van der Waals surface area contributed by atoms with Crippen LogP contribution in [0.15, 0.2) is 36.4 Å². The van der Waals surface area contributed by atoms with Crippen LogP contribution in [0.5, 0.6) is 17.2 Å². The zero-order chi connectivity index (χ0) is 32.5. The third kappa shape index (κ3) is 9.72. The average molecular weight is 627 g/mol. The summed E-state index contributed by atoms with van der Waals surface area (Å²) in [6, 6.07) is 10.3. The summed E-state index contributed by atoms with van der Waals surface area (Å²) in [6.07, 6.45) is 2.32. The van der Waals surface area contributed by atoms with Crippen LogP contribution in [0.4, 0.5) is 10.5 Å². The molecule has 2 aromatic rings. The third-order valence-corrected chi connectivity index (χ3v) is 8.11. The van der Waals surface area contributed by atoms with Gasteiger partial charge in [0.05, 0.1) is 30.4 Å². The lowest BCUT2D eigenvalue weighted by molar-refractivity contribution is -0.0177. The first kappa shape index (κ1) is 34.3. The molecule has 45 heavy (non-hydrogen) atoms. The molecule has 4 atom stereocenters. The molecule has 0 radical (unpaired) electrons. The van der Waals surface area contributed by atoms with Gasteiger partial charge in [-0.05, 0) is 89.9 Å². The molecule has 248 valence electrons. The van der Waals surface area contributed by atoms with E-state index in [0.717, 1.165) is 36.3 Å². The summed E-state index contributed by atoms with van der Waals surface area (Å²) in [5, 5.41) is 15.8. The number of hydrogen-bond acceptors (Lipinski definition) is 8. The van der Waals surface area contributed by atoms with E-state index < -0.39 is 6.04 Å². The first-order chi connectivity index (χ1) is 21.5. The Bertz CT molecular complexity index is 1290. The van der Waals surface area contributed by atoms with Crippen molar-refractivity contribution < 1.29 is 33.6 Å². The van der Waals surface area contributed by atoms with Gasteiger partial charge in [-0.3, -0.25) is 9.69 Å². The summed E-state index contributed by atoms with van der Waals surface area (Å²) < 4.78 is 23.8. The maximum Gasteiger partial charge on any atom is 0.319 e. The standard InChI is InChI=1S/C34H50N4O7/c1-22(2)35-34(41)36-27-11-13-29-28(16-27)33(40)38(24(4)20-39)17-23(3)32(42-14-8-7-9-25(5)45-29)19-37(6)18-26-10-12-30-31(15-26)44-21-43-30/h10-13,15-16,22-25,32,39H,7-9,14,17-21H2,1-6H3,(H2,35,36,41)/t23-,24+,25+,32+/m1/s1. The van der Waals surface area contributed by atoms with Crippen molar-refractivity contribution in [2.24, 2.45) is 5.92 Å². The quantitative estimate of drug-likeness (QED) is 0.380. The summed E-state index contributed by atoms with van der Waals surface area (Å²) >= 11 is 0. The van der Waals surface area contributed by atoms with Crippen LogP contribution in [0.2, 0.25) is 0 Å². The smallest absolute Gasteiger partial charge is 0.319 e. The molecule has 2 heterocycles. The van der Waals surface area contributed by atoms with Crippen molar-refractivity contribution in [1.82, 2.24) is 15.1 Å².